The summed E-state index contributed by atoms with van der Waals surface area (Å²) in [5, 5.41) is 7.22. The first-order valence-corrected chi connectivity index (χ1v) is 8.04. The fourth-order valence-electron chi connectivity index (χ4n) is 2.15. The highest BCUT2D eigenvalue weighted by molar-refractivity contribution is 7.15. The molecule has 6 nitrogen and oxygen atoms in total. The zero-order chi connectivity index (χ0) is 15.9. The first-order valence-electron chi connectivity index (χ1n) is 7.22. The minimum absolute atomic E-state index is 0.0992. The number of carbonyl (C=O) groups excluding carboxylic acids is 1. The molecule has 1 atom stereocenters. The van der Waals surface area contributed by atoms with Crippen molar-refractivity contribution in [2.75, 3.05) is 5.73 Å². The van der Waals surface area contributed by atoms with Crippen LogP contribution < -0.4 is 16.6 Å². The van der Waals surface area contributed by atoms with Crippen molar-refractivity contribution in [1.29, 1.82) is 0 Å². The Hall–Kier alpha value is -2.15. The maximum atomic E-state index is 12.2. The van der Waals surface area contributed by atoms with E-state index >= 15 is 0 Å². The highest BCUT2D eigenvalue weighted by Gasteiger charge is 2.27. The average molecular weight is 318 g/mol. The van der Waals surface area contributed by atoms with E-state index in [1.165, 1.54) is 4.68 Å². The van der Waals surface area contributed by atoms with E-state index < -0.39 is 11.6 Å². The lowest BCUT2D eigenvalue weighted by Crippen LogP contribution is -2.38. The van der Waals surface area contributed by atoms with Gasteiger partial charge in [0, 0.05) is 10.9 Å². The van der Waals surface area contributed by atoms with E-state index in [1.807, 2.05) is 19.1 Å². The molecule has 1 aliphatic rings. The number of hydrogen-bond acceptors (Lipinski definition) is 5. The maximum absolute atomic E-state index is 12.2. The molecule has 1 fully saturated rings. The zero-order valence-corrected chi connectivity index (χ0v) is 13.3. The summed E-state index contributed by atoms with van der Waals surface area (Å²) in [4.78, 5) is 26.4. The summed E-state index contributed by atoms with van der Waals surface area (Å²) in [6.07, 6.45) is 1.99. The molecule has 0 spiro atoms. The number of rotatable bonds is 4. The lowest BCUT2D eigenvalue weighted by atomic mass is 10.2. The molecule has 3 rings (SSSR count). The third-order valence-corrected chi connectivity index (χ3v) is 4.65. The molecule has 1 saturated carbocycles. The number of amides is 1. The lowest BCUT2D eigenvalue weighted by Gasteiger charge is -2.15. The average Bonchev–Trinajstić information content (AvgIpc) is 3.19. The van der Waals surface area contributed by atoms with Crippen molar-refractivity contribution in [2.45, 2.75) is 38.8 Å². The first kappa shape index (κ1) is 14.8. The van der Waals surface area contributed by atoms with Gasteiger partial charge in [0.05, 0.1) is 4.88 Å². The van der Waals surface area contributed by atoms with Gasteiger partial charge in [0.25, 0.3) is 5.56 Å². The number of nitrogens with zero attached hydrogens (tertiary/aromatic N) is 2. The SMILES string of the molecule is Cc1ccc(-c2cc(N)c(=O)n([C@H](C)C(=O)NC3CC3)n2)s1. The summed E-state index contributed by atoms with van der Waals surface area (Å²) >= 11 is 1.57. The number of aromatic nitrogens is 2. The Balaban J connectivity index is 1.97. The lowest BCUT2D eigenvalue weighted by molar-refractivity contribution is -0.124. The molecule has 2 aromatic heterocycles. The van der Waals surface area contributed by atoms with E-state index in [4.69, 9.17) is 5.73 Å². The van der Waals surface area contributed by atoms with Crippen LogP contribution in [0.5, 0.6) is 0 Å². The number of nitrogens with one attached hydrogen (secondary N) is 1. The Morgan fingerprint density at radius 2 is 2.23 bits per heavy atom. The van der Waals surface area contributed by atoms with Gasteiger partial charge >= 0.3 is 0 Å². The Labute approximate surface area is 132 Å². The van der Waals surface area contributed by atoms with E-state index in [1.54, 1.807) is 24.3 Å². The molecule has 0 radical (unpaired) electrons. The molecule has 0 unspecified atom stereocenters. The molecule has 2 heterocycles. The van der Waals surface area contributed by atoms with Gasteiger partial charge in [-0.25, -0.2) is 4.68 Å². The summed E-state index contributed by atoms with van der Waals surface area (Å²) in [6.45, 7) is 3.66. The van der Waals surface area contributed by atoms with Crippen molar-refractivity contribution in [1.82, 2.24) is 15.1 Å². The van der Waals surface area contributed by atoms with E-state index in [9.17, 15) is 9.59 Å². The second-order valence-electron chi connectivity index (χ2n) is 5.60. The molecule has 2 aromatic rings. The minimum Gasteiger partial charge on any atom is -0.394 e. The summed E-state index contributed by atoms with van der Waals surface area (Å²) < 4.78 is 1.18. The van der Waals surface area contributed by atoms with Gasteiger partial charge in [-0.1, -0.05) is 0 Å². The Kier molecular flexibility index (Phi) is 3.74. The van der Waals surface area contributed by atoms with Crippen molar-refractivity contribution in [3.05, 3.63) is 33.4 Å². The van der Waals surface area contributed by atoms with E-state index in [2.05, 4.69) is 10.4 Å². The summed E-state index contributed by atoms with van der Waals surface area (Å²) in [6, 6.07) is 5.04. The second-order valence-corrected chi connectivity index (χ2v) is 6.89. The van der Waals surface area contributed by atoms with Crippen LogP contribution in [0.4, 0.5) is 5.69 Å². The molecule has 0 bridgehead atoms. The largest absolute Gasteiger partial charge is 0.394 e. The molecule has 22 heavy (non-hydrogen) atoms. The predicted octanol–water partition coefficient (Wildman–Crippen LogP) is 1.70. The Bertz CT molecular complexity index is 776. The van der Waals surface area contributed by atoms with Crippen LogP contribution in [0, 0.1) is 6.92 Å². The van der Waals surface area contributed by atoms with Crippen molar-refractivity contribution in [3.63, 3.8) is 0 Å². The Morgan fingerprint density at radius 3 is 2.82 bits per heavy atom. The van der Waals surface area contributed by atoms with Crippen molar-refractivity contribution in [2.24, 2.45) is 0 Å². The van der Waals surface area contributed by atoms with Gasteiger partial charge in [-0.2, -0.15) is 5.10 Å². The van der Waals surface area contributed by atoms with E-state index in [0.717, 1.165) is 22.6 Å². The zero-order valence-electron chi connectivity index (χ0n) is 12.5. The number of hydrogen-bond donors (Lipinski definition) is 2. The highest BCUT2D eigenvalue weighted by atomic mass is 32.1. The van der Waals surface area contributed by atoms with Gasteiger partial charge in [-0.15, -0.1) is 11.3 Å². The van der Waals surface area contributed by atoms with Crippen LogP contribution in [-0.2, 0) is 4.79 Å². The molecule has 1 amide bonds. The van der Waals surface area contributed by atoms with Gasteiger partial charge in [-0.05, 0) is 44.9 Å². The topological polar surface area (TPSA) is 90.0 Å². The smallest absolute Gasteiger partial charge is 0.290 e. The number of anilines is 1. The number of aryl methyl sites for hydroxylation is 1. The normalized spacial score (nSPS) is 15.5. The molecule has 1 aliphatic carbocycles. The highest BCUT2D eigenvalue weighted by Crippen LogP contribution is 2.26. The summed E-state index contributed by atoms with van der Waals surface area (Å²) in [5.41, 5.74) is 6.09. The van der Waals surface area contributed by atoms with Crippen LogP contribution in [0.3, 0.4) is 0 Å². The fraction of sp³-hybridized carbons (Fsp3) is 0.400. The maximum Gasteiger partial charge on any atom is 0.290 e. The van der Waals surface area contributed by atoms with E-state index in [0.29, 0.717) is 5.69 Å². The van der Waals surface area contributed by atoms with Crippen LogP contribution in [0.1, 0.15) is 30.7 Å². The van der Waals surface area contributed by atoms with Crippen molar-refractivity contribution >= 4 is 22.9 Å². The van der Waals surface area contributed by atoms with Crippen LogP contribution in [0.25, 0.3) is 10.6 Å². The molecule has 116 valence electrons. The van der Waals surface area contributed by atoms with Gasteiger partial charge in [0.1, 0.15) is 17.4 Å². The monoisotopic (exact) mass is 318 g/mol. The number of thiophene rings is 1. The summed E-state index contributed by atoms with van der Waals surface area (Å²) in [5.74, 6) is -0.198. The molecule has 3 N–H and O–H groups in total. The molecular weight excluding hydrogens is 300 g/mol. The number of carbonyl (C=O) groups is 1. The second kappa shape index (κ2) is 5.57. The van der Waals surface area contributed by atoms with Crippen LogP contribution in [0.2, 0.25) is 0 Å². The van der Waals surface area contributed by atoms with E-state index in [-0.39, 0.29) is 17.6 Å². The molecule has 7 heteroatoms. The van der Waals surface area contributed by atoms with Gasteiger partial charge in [-0.3, -0.25) is 9.59 Å². The number of nitrogen functional groups attached to an aromatic ring is 1. The molecule has 0 saturated heterocycles. The molecular formula is C15H18N4O2S. The first-order chi connectivity index (χ1) is 10.5. The van der Waals surface area contributed by atoms with Gasteiger partial charge in [0.15, 0.2) is 0 Å². The van der Waals surface area contributed by atoms with Crippen molar-refractivity contribution < 1.29 is 4.79 Å². The molecule has 0 aliphatic heterocycles. The fourth-order valence-corrected chi connectivity index (χ4v) is 2.97. The van der Waals surface area contributed by atoms with Crippen molar-refractivity contribution in [3.8, 4) is 10.6 Å². The Morgan fingerprint density at radius 1 is 1.50 bits per heavy atom. The van der Waals surface area contributed by atoms with Crippen LogP contribution in [0.15, 0.2) is 23.0 Å². The molecule has 0 aromatic carbocycles. The van der Waals surface area contributed by atoms with Crippen LogP contribution >= 0.6 is 11.3 Å². The standard InChI is InChI=1S/C15H18N4O2S/c1-8-3-6-13(22-8)12-7-11(16)15(21)19(18-12)9(2)14(20)17-10-4-5-10/h3,6-7,9-10H,4-5,16H2,1-2H3,(H,17,20)/t9-/m1/s1. The van der Waals surface area contributed by atoms with Crippen LogP contribution in [-0.4, -0.2) is 21.7 Å². The van der Waals surface area contributed by atoms with Gasteiger partial charge in [0.2, 0.25) is 5.91 Å². The predicted molar refractivity (Wildman–Crippen MR) is 86.8 cm³/mol. The number of nitrogens with two attached hydrogens (primary N) is 1. The third kappa shape index (κ3) is 2.89. The quantitative estimate of drug-likeness (QED) is 0.898. The van der Waals surface area contributed by atoms with Gasteiger partial charge < -0.3 is 11.1 Å². The summed E-state index contributed by atoms with van der Waals surface area (Å²) in [7, 11) is 0. The minimum atomic E-state index is -0.684. The third-order valence-electron chi connectivity index (χ3n) is 3.63.